The fourth-order valence-electron chi connectivity index (χ4n) is 2.61. The Kier molecular flexibility index (Phi) is 6.25. The molecule has 1 aliphatic heterocycles. The SMILES string of the molecule is NCC(F)(F)CNC(=O)C1CCN(S(=O)(=O)c2cc(F)ccc2F)CC1. The number of nitrogens with two attached hydrogens (primary N) is 1. The lowest BCUT2D eigenvalue weighted by Gasteiger charge is -2.30. The van der Waals surface area contributed by atoms with Crippen LogP contribution < -0.4 is 11.1 Å². The molecule has 1 saturated heterocycles. The van der Waals surface area contributed by atoms with Gasteiger partial charge >= 0.3 is 0 Å². The number of rotatable bonds is 6. The maximum Gasteiger partial charge on any atom is 0.277 e. The molecule has 1 aromatic carbocycles. The van der Waals surface area contributed by atoms with Gasteiger partial charge in [0.15, 0.2) is 0 Å². The first-order valence-corrected chi connectivity index (χ1v) is 9.31. The maximum absolute atomic E-state index is 13.8. The number of nitrogens with zero attached hydrogens (tertiary/aromatic N) is 1. The van der Waals surface area contributed by atoms with Crippen molar-refractivity contribution in [3.05, 3.63) is 29.8 Å². The van der Waals surface area contributed by atoms with Crippen molar-refractivity contribution < 1.29 is 30.8 Å². The van der Waals surface area contributed by atoms with Gasteiger partial charge in [-0.05, 0) is 31.0 Å². The second-order valence-electron chi connectivity index (χ2n) is 6.03. The van der Waals surface area contributed by atoms with E-state index in [1.807, 2.05) is 0 Å². The quantitative estimate of drug-likeness (QED) is 0.703. The Morgan fingerprint density at radius 3 is 2.46 bits per heavy atom. The number of benzene rings is 1. The predicted octanol–water partition coefficient (Wildman–Crippen LogP) is 1.08. The highest BCUT2D eigenvalue weighted by Gasteiger charge is 2.35. The Morgan fingerprint density at radius 2 is 1.88 bits per heavy atom. The van der Waals surface area contributed by atoms with Crippen LogP contribution in [0.15, 0.2) is 23.1 Å². The smallest absolute Gasteiger partial charge is 0.277 e. The minimum Gasteiger partial charge on any atom is -0.350 e. The third-order valence-corrected chi connectivity index (χ3v) is 6.07. The molecule has 6 nitrogen and oxygen atoms in total. The Balaban J connectivity index is 1.99. The van der Waals surface area contributed by atoms with Gasteiger partial charge in [-0.2, -0.15) is 4.31 Å². The molecule has 0 radical (unpaired) electrons. The van der Waals surface area contributed by atoms with Gasteiger partial charge in [-0.15, -0.1) is 0 Å². The highest BCUT2D eigenvalue weighted by atomic mass is 32.2. The predicted molar refractivity (Wildman–Crippen MR) is 84.9 cm³/mol. The monoisotopic (exact) mass is 397 g/mol. The van der Waals surface area contributed by atoms with Gasteiger partial charge in [0.1, 0.15) is 16.5 Å². The second kappa shape index (κ2) is 7.89. The van der Waals surface area contributed by atoms with E-state index < -0.39 is 57.4 Å². The summed E-state index contributed by atoms with van der Waals surface area (Å²) in [5, 5.41) is 2.10. The summed E-state index contributed by atoms with van der Waals surface area (Å²) in [6, 6.07) is 2.13. The van der Waals surface area contributed by atoms with Crippen LogP contribution in [0, 0.1) is 17.6 Å². The van der Waals surface area contributed by atoms with Gasteiger partial charge in [0.25, 0.3) is 5.92 Å². The molecule has 11 heteroatoms. The first kappa shape index (κ1) is 20.6. The van der Waals surface area contributed by atoms with E-state index in [0.29, 0.717) is 6.07 Å². The molecule has 1 amide bonds. The summed E-state index contributed by atoms with van der Waals surface area (Å²) in [5.74, 6) is -6.44. The van der Waals surface area contributed by atoms with Crippen molar-refractivity contribution in [3.63, 3.8) is 0 Å². The van der Waals surface area contributed by atoms with Crippen LogP contribution in [0.2, 0.25) is 0 Å². The van der Waals surface area contributed by atoms with Crippen LogP contribution in [-0.4, -0.2) is 50.7 Å². The van der Waals surface area contributed by atoms with E-state index in [0.717, 1.165) is 16.4 Å². The zero-order valence-corrected chi connectivity index (χ0v) is 14.5. The number of carbonyl (C=O) groups excluding carboxylic acids is 1. The Labute approximate surface area is 148 Å². The first-order valence-electron chi connectivity index (χ1n) is 7.87. The highest BCUT2D eigenvalue weighted by molar-refractivity contribution is 7.89. The number of sulfonamides is 1. The molecule has 1 heterocycles. The summed E-state index contributed by atoms with van der Waals surface area (Å²) in [4.78, 5) is 11.1. The van der Waals surface area contributed by atoms with Crippen LogP contribution >= 0.6 is 0 Å². The van der Waals surface area contributed by atoms with Crippen LogP contribution in [0.25, 0.3) is 0 Å². The minimum atomic E-state index is -4.25. The van der Waals surface area contributed by atoms with Crippen LogP contribution in [0.4, 0.5) is 17.6 Å². The summed E-state index contributed by atoms with van der Waals surface area (Å²) >= 11 is 0. The van der Waals surface area contributed by atoms with Crippen LogP contribution in [-0.2, 0) is 14.8 Å². The van der Waals surface area contributed by atoms with E-state index in [1.54, 1.807) is 0 Å². The molecule has 0 atom stereocenters. The number of alkyl halides is 2. The lowest BCUT2D eigenvalue weighted by atomic mass is 9.97. The van der Waals surface area contributed by atoms with Gasteiger partial charge in [0, 0.05) is 19.0 Å². The van der Waals surface area contributed by atoms with Crippen molar-refractivity contribution in [2.45, 2.75) is 23.7 Å². The highest BCUT2D eigenvalue weighted by Crippen LogP contribution is 2.26. The van der Waals surface area contributed by atoms with Gasteiger partial charge in [-0.1, -0.05) is 0 Å². The molecule has 26 heavy (non-hydrogen) atoms. The zero-order chi connectivity index (χ0) is 19.5. The van der Waals surface area contributed by atoms with E-state index in [-0.39, 0.29) is 25.9 Å². The number of hydrogen-bond acceptors (Lipinski definition) is 4. The summed E-state index contributed by atoms with van der Waals surface area (Å²) in [7, 11) is -4.25. The molecule has 0 spiro atoms. The van der Waals surface area contributed by atoms with E-state index in [9.17, 15) is 30.8 Å². The van der Waals surface area contributed by atoms with Crippen LogP contribution in [0.3, 0.4) is 0 Å². The van der Waals surface area contributed by atoms with Crippen molar-refractivity contribution in [2.24, 2.45) is 11.7 Å². The Morgan fingerprint density at radius 1 is 1.27 bits per heavy atom. The van der Waals surface area contributed by atoms with E-state index in [4.69, 9.17) is 5.73 Å². The minimum absolute atomic E-state index is 0.0796. The zero-order valence-electron chi connectivity index (χ0n) is 13.7. The summed E-state index contributed by atoms with van der Waals surface area (Å²) < 4.78 is 79.0. The molecule has 0 aromatic heterocycles. The van der Waals surface area contributed by atoms with Gasteiger partial charge in [-0.25, -0.2) is 26.0 Å². The Bertz CT molecular complexity index is 765. The molecular weight excluding hydrogens is 378 g/mol. The fraction of sp³-hybridized carbons (Fsp3) is 0.533. The van der Waals surface area contributed by atoms with Crippen molar-refractivity contribution >= 4 is 15.9 Å². The van der Waals surface area contributed by atoms with Gasteiger partial charge < -0.3 is 11.1 Å². The topological polar surface area (TPSA) is 92.5 Å². The Hall–Kier alpha value is -1.72. The average molecular weight is 397 g/mol. The number of amides is 1. The normalized spacial score (nSPS) is 17.3. The molecule has 1 aliphatic rings. The van der Waals surface area contributed by atoms with Crippen molar-refractivity contribution in [2.75, 3.05) is 26.2 Å². The number of hydrogen-bond donors (Lipinski definition) is 2. The number of piperidine rings is 1. The molecule has 0 aliphatic carbocycles. The van der Waals surface area contributed by atoms with Crippen molar-refractivity contribution in [1.29, 1.82) is 0 Å². The van der Waals surface area contributed by atoms with Crippen molar-refractivity contribution in [3.8, 4) is 0 Å². The van der Waals surface area contributed by atoms with Gasteiger partial charge in [-0.3, -0.25) is 4.79 Å². The maximum atomic E-state index is 13.8. The summed E-state index contributed by atoms with van der Waals surface area (Å²) in [6.07, 6.45) is 0.159. The van der Waals surface area contributed by atoms with E-state index in [1.165, 1.54) is 0 Å². The molecule has 2 rings (SSSR count). The van der Waals surface area contributed by atoms with Crippen molar-refractivity contribution in [1.82, 2.24) is 9.62 Å². The molecule has 0 bridgehead atoms. The molecule has 146 valence electrons. The fourth-order valence-corrected chi connectivity index (χ4v) is 4.15. The van der Waals surface area contributed by atoms with E-state index in [2.05, 4.69) is 5.32 Å². The number of nitrogens with one attached hydrogen (secondary N) is 1. The summed E-state index contributed by atoms with van der Waals surface area (Å²) in [6.45, 7) is -2.01. The largest absolute Gasteiger partial charge is 0.350 e. The van der Waals surface area contributed by atoms with Gasteiger partial charge in [0.05, 0.1) is 13.1 Å². The average Bonchev–Trinajstić information content (AvgIpc) is 2.61. The van der Waals surface area contributed by atoms with Crippen LogP contribution in [0.1, 0.15) is 12.8 Å². The number of halogens is 4. The molecule has 0 unspecified atom stereocenters. The third-order valence-electron chi connectivity index (χ3n) is 4.16. The molecular formula is C15H19F4N3O3S. The lowest BCUT2D eigenvalue weighted by Crippen LogP contribution is -2.46. The van der Waals surface area contributed by atoms with Crippen LogP contribution in [0.5, 0.6) is 0 Å². The molecule has 1 fully saturated rings. The number of carbonyl (C=O) groups is 1. The van der Waals surface area contributed by atoms with E-state index >= 15 is 0 Å². The lowest BCUT2D eigenvalue weighted by molar-refractivity contribution is -0.127. The third kappa shape index (κ3) is 4.71. The standard InChI is InChI=1S/C15H19F4N3O3S/c16-11-1-2-12(17)13(7-11)26(24,25)22-5-3-10(4-6-22)14(23)21-9-15(18,19)8-20/h1-2,7,10H,3-6,8-9,20H2,(H,21,23). The second-order valence-corrected chi connectivity index (χ2v) is 7.94. The molecule has 3 N–H and O–H groups in total. The molecule has 0 saturated carbocycles. The summed E-state index contributed by atoms with van der Waals surface area (Å²) in [5.41, 5.74) is 4.88. The molecule has 1 aromatic rings. The van der Waals surface area contributed by atoms with Gasteiger partial charge in [0.2, 0.25) is 15.9 Å². The first-order chi connectivity index (χ1) is 12.1.